The lowest BCUT2D eigenvalue weighted by molar-refractivity contribution is 0.104. The van der Waals surface area contributed by atoms with Gasteiger partial charge in [0, 0.05) is 10.5 Å². The average molecular weight is 263 g/mol. The van der Waals surface area contributed by atoms with E-state index in [-0.39, 0.29) is 5.78 Å². The fraction of sp³-hybridized carbons (Fsp3) is 0. The lowest BCUT2D eigenvalue weighted by Gasteiger charge is -1.96. The second-order valence-corrected chi connectivity index (χ2v) is 5.25. The third-order valence-electron chi connectivity index (χ3n) is 2.91. The topological polar surface area (TPSA) is 40.9 Å². The van der Waals surface area contributed by atoms with Crippen molar-refractivity contribution in [3.8, 4) is 6.07 Å². The van der Waals surface area contributed by atoms with Gasteiger partial charge in [0.25, 0.3) is 0 Å². The van der Waals surface area contributed by atoms with E-state index in [1.807, 2.05) is 42.5 Å². The second kappa shape index (κ2) is 4.75. The summed E-state index contributed by atoms with van der Waals surface area (Å²) in [7, 11) is 0. The highest BCUT2D eigenvalue weighted by molar-refractivity contribution is 8.04. The first-order valence-corrected chi connectivity index (χ1v) is 6.63. The van der Waals surface area contributed by atoms with Gasteiger partial charge in [0.2, 0.25) is 5.78 Å². The Morgan fingerprint density at radius 3 is 2.47 bits per heavy atom. The predicted molar refractivity (Wildman–Crippen MR) is 75.8 cm³/mol. The SMILES string of the molecule is N#Cc1ccc(C=C2Sc3ccccc3C2=O)cc1. The Bertz CT molecular complexity index is 723. The molecule has 0 atom stereocenters. The minimum Gasteiger partial charge on any atom is -0.288 e. The van der Waals surface area contributed by atoms with Crippen LogP contribution in [0.2, 0.25) is 0 Å². The van der Waals surface area contributed by atoms with E-state index in [1.165, 1.54) is 11.8 Å². The Labute approximate surface area is 115 Å². The molecular formula is C16H9NOS. The summed E-state index contributed by atoms with van der Waals surface area (Å²) in [5.41, 5.74) is 2.32. The number of carbonyl (C=O) groups is 1. The summed E-state index contributed by atoms with van der Waals surface area (Å²) in [6.45, 7) is 0. The summed E-state index contributed by atoms with van der Waals surface area (Å²) in [6, 6.07) is 16.9. The van der Waals surface area contributed by atoms with Crippen LogP contribution in [0.3, 0.4) is 0 Å². The number of Topliss-reactive ketones (excluding diaryl/α,β-unsaturated/α-hetero) is 1. The van der Waals surface area contributed by atoms with Gasteiger partial charge < -0.3 is 0 Å². The van der Waals surface area contributed by atoms with Crippen LogP contribution in [0, 0.1) is 11.3 Å². The highest BCUT2D eigenvalue weighted by Crippen LogP contribution is 2.40. The third kappa shape index (κ3) is 2.18. The van der Waals surface area contributed by atoms with Crippen LogP contribution in [0.5, 0.6) is 0 Å². The molecule has 2 nitrogen and oxygen atoms in total. The number of fused-ring (bicyclic) bond motifs is 1. The molecule has 0 amide bonds. The average Bonchev–Trinajstić information content (AvgIpc) is 2.77. The number of hydrogen-bond acceptors (Lipinski definition) is 3. The van der Waals surface area contributed by atoms with Crippen molar-refractivity contribution in [3.05, 3.63) is 70.1 Å². The molecule has 0 spiro atoms. The standard InChI is InChI=1S/C16H9NOS/c17-10-12-7-5-11(6-8-12)9-15-16(18)13-3-1-2-4-14(13)19-15/h1-9H. The van der Waals surface area contributed by atoms with Crippen LogP contribution in [0.1, 0.15) is 21.5 Å². The molecule has 2 aromatic carbocycles. The van der Waals surface area contributed by atoms with Crippen LogP contribution >= 0.6 is 11.8 Å². The van der Waals surface area contributed by atoms with Gasteiger partial charge in [0.1, 0.15) is 0 Å². The summed E-state index contributed by atoms with van der Waals surface area (Å²) >= 11 is 1.50. The molecule has 19 heavy (non-hydrogen) atoms. The molecule has 0 radical (unpaired) electrons. The smallest absolute Gasteiger partial charge is 0.200 e. The quantitative estimate of drug-likeness (QED) is 0.733. The summed E-state index contributed by atoms with van der Waals surface area (Å²) in [5, 5.41) is 8.75. The van der Waals surface area contributed by atoms with Gasteiger partial charge in [-0.2, -0.15) is 5.26 Å². The number of benzene rings is 2. The van der Waals surface area contributed by atoms with Gasteiger partial charge in [-0.05, 0) is 35.9 Å². The minimum absolute atomic E-state index is 0.0740. The maximum Gasteiger partial charge on any atom is 0.200 e. The molecule has 90 valence electrons. The van der Waals surface area contributed by atoms with E-state index >= 15 is 0 Å². The molecule has 0 aliphatic carbocycles. The summed E-state index contributed by atoms with van der Waals surface area (Å²) in [5.74, 6) is 0.0740. The molecule has 1 aliphatic heterocycles. The van der Waals surface area contributed by atoms with Gasteiger partial charge in [-0.1, -0.05) is 36.0 Å². The first kappa shape index (κ1) is 11.8. The molecule has 1 heterocycles. The van der Waals surface area contributed by atoms with Gasteiger partial charge >= 0.3 is 0 Å². The van der Waals surface area contributed by atoms with E-state index in [9.17, 15) is 4.79 Å². The third-order valence-corrected chi connectivity index (χ3v) is 4.01. The van der Waals surface area contributed by atoms with Crippen LogP contribution < -0.4 is 0 Å². The highest BCUT2D eigenvalue weighted by atomic mass is 32.2. The molecule has 0 bridgehead atoms. The number of allylic oxidation sites excluding steroid dienone is 1. The Morgan fingerprint density at radius 1 is 1.05 bits per heavy atom. The second-order valence-electron chi connectivity index (χ2n) is 4.17. The van der Waals surface area contributed by atoms with Crippen LogP contribution in [0.15, 0.2) is 58.3 Å². The first-order chi connectivity index (χ1) is 9.28. The molecule has 0 unspecified atom stereocenters. The number of rotatable bonds is 1. The Morgan fingerprint density at radius 2 is 1.79 bits per heavy atom. The number of ketones is 1. The van der Waals surface area contributed by atoms with Crippen molar-refractivity contribution < 1.29 is 4.79 Å². The summed E-state index contributed by atoms with van der Waals surface area (Å²) in [6.07, 6.45) is 1.87. The molecule has 0 aromatic heterocycles. The maximum atomic E-state index is 12.2. The van der Waals surface area contributed by atoms with Crippen LogP contribution in [-0.4, -0.2) is 5.78 Å². The van der Waals surface area contributed by atoms with E-state index in [4.69, 9.17) is 5.26 Å². The minimum atomic E-state index is 0.0740. The summed E-state index contributed by atoms with van der Waals surface area (Å²) in [4.78, 5) is 13.9. The monoisotopic (exact) mass is 263 g/mol. The number of nitriles is 1. The van der Waals surface area contributed by atoms with Crippen LogP contribution in [0.4, 0.5) is 0 Å². The van der Waals surface area contributed by atoms with Gasteiger partial charge in [-0.25, -0.2) is 0 Å². The van der Waals surface area contributed by atoms with E-state index in [1.54, 1.807) is 12.1 Å². The van der Waals surface area contributed by atoms with Crippen molar-refractivity contribution in [2.75, 3.05) is 0 Å². The van der Waals surface area contributed by atoms with Crippen LogP contribution in [-0.2, 0) is 0 Å². The Hall–Kier alpha value is -2.31. The van der Waals surface area contributed by atoms with Crippen molar-refractivity contribution in [3.63, 3.8) is 0 Å². The molecule has 2 aromatic rings. The number of carbonyl (C=O) groups excluding carboxylic acids is 1. The fourth-order valence-electron chi connectivity index (χ4n) is 1.94. The predicted octanol–water partition coefficient (Wildman–Crippen LogP) is 3.89. The zero-order valence-electron chi connectivity index (χ0n) is 9.96. The zero-order valence-corrected chi connectivity index (χ0v) is 10.8. The zero-order chi connectivity index (χ0) is 13.2. The van der Waals surface area contributed by atoms with E-state index < -0.39 is 0 Å². The van der Waals surface area contributed by atoms with Gasteiger partial charge in [0.15, 0.2) is 0 Å². The lowest BCUT2D eigenvalue weighted by atomic mass is 10.1. The molecular weight excluding hydrogens is 254 g/mol. The molecule has 0 N–H and O–H groups in total. The number of hydrogen-bond donors (Lipinski definition) is 0. The van der Waals surface area contributed by atoms with Crippen molar-refractivity contribution >= 4 is 23.6 Å². The number of thioether (sulfide) groups is 1. The van der Waals surface area contributed by atoms with E-state index in [0.717, 1.165) is 20.9 Å². The van der Waals surface area contributed by atoms with Crippen molar-refractivity contribution in [1.29, 1.82) is 5.26 Å². The van der Waals surface area contributed by atoms with Crippen molar-refractivity contribution in [1.82, 2.24) is 0 Å². The fourth-order valence-corrected chi connectivity index (χ4v) is 2.99. The van der Waals surface area contributed by atoms with Gasteiger partial charge in [-0.15, -0.1) is 0 Å². The maximum absolute atomic E-state index is 12.2. The lowest BCUT2D eigenvalue weighted by Crippen LogP contribution is -1.93. The van der Waals surface area contributed by atoms with Gasteiger partial charge in [0.05, 0.1) is 16.5 Å². The normalized spacial score (nSPS) is 15.3. The molecule has 0 fully saturated rings. The molecule has 0 saturated heterocycles. The Balaban J connectivity index is 1.94. The van der Waals surface area contributed by atoms with Crippen LogP contribution in [0.25, 0.3) is 6.08 Å². The van der Waals surface area contributed by atoms with Crippen molar-refractivity contribution in [2.24, 2.45) is 0 Å². The molecule has 3 heteroatoms. The highest BCUT2D eigenvalue weighted by Gasteiger charge is 2.24. The van der Waals surface area contributed by atoms with E-state index in [0.29, 0.717) is 5.56 Å². The van der Waals surface area contributed by atoms with Crippen molar-refractivity contribution in [2.45, 2.75) is 4.90 Å². The molecule has 3 rings (SSSR count). The molecule has 1 aliphatic rings. The van der Waals surface area contributed by atoms with Gasteiger partial charge in [-0.3, -0.25) is 4.79 Å². The summed E-state index contributed by atoms with van der Waals surface area (Å²) < 4.78 is 0. The first-order valence-electron chi connectivity index (χ1n) is 5.81. The largest absolute Gasteiger partial charge is 0.288 e. The number of nitrogens with zero attached hydrogens (tertiary/aromatic N) is 1. The van der Waals surface area contributed by atoms with E-state index in [2.05, 4.69) is 6.07 Å². The Kier molecular flexibility index (Phi) is 2.94. The molecule has 0 saturated carbocycles.